The molecule has 1 amide bonds. The van der Waals surface area contributed by atoms with Crippen molar-refractivity contribution in [1.29, 1.82) is 0 Å². The summed E-state index contributed by atoms with van der Waals surface area (Å²) >= 11 is 0. The van der Waals surface area contributed by atoms with Gasteiger partial charge in [-0.1, -0.05) is 0 Å². The van der Waals surface area contributed by atoms with Gasteiger partial charge in [0.05, 0.1) is 18.9 Å². The standard InChI is InChI=1S/C10H13N7O/c1-17-3-2-13-9(17)6-14-10(18)7-4-12-5-8(15-7)16-11/h2-5H,6,11H2,1H3,(H,14,18)(H,15,16). The Balaban J connectivity index is 2.01. The normalized spacial score (nSPS) is 10.1. The quantitative estimate of drug-likeness (QED) is 0.492. The molecular formula is C10H13N7O. The maximum Gasteiger partial charge on any atom is 0.271 e. The van der Waals surface area contributed by atoms with Crippen molar-refractivity contribution in [2.45, 2.75) is 6.54 Å². The highest BCUT2D eigenvalue weighted by Crippen LogP contribution is 2.00. The van der Waals surface area contributed by atoms with Crippen molar-refractivity contribution in [3.8, 4) is 0 Å². The number of nitrogens with zero attached hydrogens (tertiary/aromatic N) is 4. The monoisotopic (exact) mass is 247 g/mol. The minimum absolute atomic E-state index is 0.194. The molecule has 0 aromatic carbocycles. The van der Waals surface area contributed by atoms with Gasteiger partial charge < -0.3 is 15.3 Å². The van der Waals surface area contributed by atoms with Gasteiger partial charge in [0.2, 0.25) is 0 Å². The van der Waals surface area contributed by atoms with E-state index >= 15 is 0 Å². The van der Waals surface area contributed by atoms with Crippen LogP contribution < -0.4 is 16.6 Å². The molecule has 0 fully saturated rings. The van der Waals surface area contributed by atoms with E-state index in [9.17, 15) is 4.79 Å². The minimum Gasteiger partial charge on any atom is -0.343 e. The summed E-state index contributed by atoms with van der Waals surface area (Å²) in [5.41, 5.74) is 2.53. The second kappa shape index (κ2) is 5.23. The van der Waals surface area contributed by atoms with Crippen molar-refractivity contribution in [1.82, 2.24) is 24.8 Å². The predicted molar refractivity (Wildman–Crippen MR) is 64.2 cm³/mol. The molecule has 8 nitrogen and oxygen atoms in total. The lowest BCUT2D eigenvalue weighted by Crippen LogP contribution is -2.26. The maximum atomic E-state index is 11.8. The third kappa shape index (κ3) is 2.61. The van der Waals surface area contributed by atoms with Crippen molar-refractivity contribution in [2.75, 3.05) is 5.43 Å². The molecule has 0 aliphatic rings. The molecule has 0 atom stereocenters. The number of imidazole rings is 1. The van der Waals surface area contributed by atoms with Gasteiger partial charge in [-0.2, -0.15) is 0 Å². The Bertz CT molecular complexity index is 551. The number of nitrogen functional groups attached to an aromatic ring is 1. The van der Waals surface area contributed by atoms with E-state index in [0.717, 1.165) is 5.82 Å². The number of carbonyl (C=O) groups excluding carboxylic acids is 1. The Morgan fingerprint density at radius 2 is 2.33 bits per heavy atom. The number of rotatable bonds is 4. The number of nitrogens with one attached hydrogen (secondary N) is 2. The van der Waals surface area contributed by atoms with Crippen LogP contribution in [0.15, 0.2) is 24.8 Å². The molecular weight excluding hydrogens is 234 g/mol. The third-order valence-corrected chi connectivity index (χ3v) is 2.34. The van der Waals surface area contributed by atoms with Gasteiger partial charge in [0.1, 0.15) is 11.5 Å². The molecule has 8 heteroatoms. The summed E-state index contributed by atoms with van der Waals surface area (Å²) in [7, 11) is 1.85. The first-order chi connectivity index (χ1) is 8.70. The molecule has 2 heterocycles. The molecule has 0 aliphatic heterocycles. The van der Waals surface area contributed by atoms with E-state index in [1.54, 1.807) is 12.4 Å². The first-order valence-electron chi connectivity index (χ1n) is 5.24. The number of amides is 1. The summed E-state index contributed by atoms with van der Waals surface area (Å²) in [4.78, 5) is 23.7. The van der Waals surface area contributed by atoms with Gasteiger partial charge in [0.15, 0.2) is 5.82 Å². The fourth-order valence-corrected chi connectivity index (χ4v) is 1.36. The number of hydrogen-bond donors (Lipinski definition) is 3. The van der Waals surface area contributed by atoms with Crippen LogP contribution in [0.4, 0.5) is 5.82 Å². The second-order valence-corrected chi connectivity index (χ2v) is 3.57. The molecule has 2 aromatic heterocycles. The zero-order valence-electron chi connectivity index (χ0n) is 9.79. The lowest BCUT2D eigenvalue weighted by molar-refractivity contribution is 0.0944. The summed E-state index contributed by atoms with van der Waals surface area (Å²) in [6.45, 7) is 0.324. The van der Waals surface area contributed by atoms with Crippen molar-refractivity contribution in [3.05, 3.63) is 36.3 Å². The zero-order valence-corrected chi connectivity index (χ0v) is 9.79. The molecule has 0 saturated carbocycles. The summed E-state index contributed by atoms with van der Waals surface area (Å²) in [5.74, 6) is 5.95. The van der Waals surface area contributed by atoms with Crippen LogP contribution in [-0.4, -0.2) is 25.4 Å². The number of hydrazine groups is 1. The van der Waals surface area contributed by atoms with Gasteiger partial charge in [0, 0.05) is 19.4 Å². The topological polar surface area (TPSA) is 111 Å². The first-order valence-corrected chi connectivity index (χ1v) is 5.24. The fraction of sp³-hybridized carbons (Fsp3) is 0.200. The molecule has 2 rings (SSSR count). The average molecular weight is 247 g/mol. The lowest BCUT2D eigenvalue weighted by atomic mass is 10.4. The van der Waals surface area contributed by atoms with E-state index in [-0.39, 0.29) is 11.6 Å². The number of carbonyl (C=O) groups is 1. The van der Waals surface area contributed by atoms with E-state index in [1.807, 2.05) is 11.6 Å². The van der Waals surface area contributed by atoms with Crippen LogP contribution in [0.3, 0.4) is 0 Å². The molecule has 0 saturated heterocycles. The maximum absolute atomic E-state index is 11.8. The summed E-state index contributed by atoms with van der Waals surface area (Å²) in [6.07, 6.45) is 6.27. The van der Waals surface area contributed by atoms with E-state index < -0.39 is 0 Å². The highest BCUT2D eigenvalue weighted by atomic mass is 16.1. The zero-order chi connectivity index (χ0) is 13.0. The number of hydrogen-bond acceptors (Lipinski definition) is 6. The molecule has 0 bridgehead atoms. The summed E-state index contributed by atoms with van der Waals surface area (Å²) in [5, 5.41) is 2.70. The van der Waals surface area contributed by atoms with Gasteiger partial charge in [0.25, 0.3) is 5.91 Å². The van der Waals surface area contributed by atoms with Crippen LogP contribution in [0.2, 0.25) is 0 Å². The van der Waals surface area contributed by atoms with Crippen LogP contribution in [-0.2, 0) is 13.6 Å². The van der Waals surface area contributed by atoms with Gasteiger partial charge in [-0.3, -0.25) is 9.78 Å². The average Bonchev–Trinajstić information content (AvgIpc) is 2.81. The van der Waals surface area contributed by atoms with E-state index in [4.69, 9.17) is 5.84 Å². The Kier molecular flexibility index (Phi) is 3.49. The minimum atomic E-state index is -0.331. The largest absolute Gasteiger partial charge is 0.343 e. The van der Waals surface area contributed by atoms with E-state index in [1.165, 1.54) is 12.4 Å². The molecule has 0 unspecified atom stereocenters. The van der Waals surface area contributed by atoms with E-state index in [0.29, 0.717) is 12.4 Å². The van der Waals surface area contributed by atoms with E-state index in [2.05, 4.69) is 25.7 Å². The van der Waals surface area contributed by atoms with Gasteiger partial charge >= 0.3 is 0 Å². The Hall–Kier alpha value is -2.48. The number of anilines is 1. The van der Waals surface area contributed by atoms with Crippen LogP contribution in [0, 0.1) is 0 Å². The SMILES string of the molecule is Cn1ccnc1CNC(=O)c1cncc(NN)n1. The number of aromatic nitrogens is 4. The Morgan fingerprint density at radius 1 is 1.50 bits per heavy atom. The molecule has 94 valence electrons. The van der Waals surface area contributed by atoms with Crippen molar-refractivity contribution in [3.63, 3.8) is 0 Å². The van der Waals surface area contributed by atoms with Crippen LogP contribution in [0.25, 0.3) is 0 Å². The molecule has 0 spiro atoms. The lowest BCUT2D eigenvalue weighted by Gasteiger charge is -2.05. The number of nitrogens with two attached hydrogens (primary N) is 1. The van der Waals surface area contributed by atoms with Crippen LogP contribution >= 0.6 is 0 Å². The van der Waals surface area contributed by atoms with Gasteiger partial charge in [-0.05, 0) is 0 Å². The van der Waals surface area contributed by atoms with Crippen LogP contribution in [0.1, 0.15) is 16.3 Å². The van der Waals surface area contributed by atoms with Crippen molar-refractivity contribution in [2.24, 2.45) is 12.9 Å². The second-order valence-electron chi connectivity index (χ2n) is 3.57. The van der Waals surface area contributed by atoms with Crippen molar-refractivity contribution >= 4 is 11.7 Å². The fourth-order valence-electron chi connectivity index (χ4n) is 1.36. The van der Waals surface area contributed by atoms with Gasteiger partial charge in [-0.25, -0.2) is 15.8 Å². The molecule has 4 N–H and O–H groups in total. The predicted octanol–water partition coefficient (Wildman–Crippen LogP) is -0.574. The smallest absolute Gasteiger partial charge is 0.271 e. The third-order valence-electron chi connectivity index (χ3n) is 2.34. The molecule has 18 heavy (non-hydrogen) atoms. The Morgan fingerprint density at radius 3 is 3.00 bits per heavy atom. The number of aryl methyl sites for hydroxylation is 1. The highest BCUT2D eigenvalue weighted by molar-refractivity contribution is 5.92. The van der Waals surface area contributed by atoms with Crippen LogP contribution in [0.5, 0.6) is 0 Å². The van der Waals surface area contributed by atoms with Gasteiger partial charge in [-0.15, -0.1) is 0 Å². The Labute approximate surface area is 103 Å². The molecule has 0 aliphatic carbocycles. The molecule has 0 radical (unpaired) electrons. The highest BCUT2D eigenvalue weighted by Gasteiger charge is 2.09. The van der Waals surface area contributed by atoms with Crippen molar-refractivity contribution < 1.29 is 4.79 Å². The summed E-state index contributed by atoms with van der Waals surface area (Å²) < 4.78 is 1.82. The summed E-state index contributed by atoms with van der Waals surface area (Å²) in [6, 6.07) is 0. The first kappa shape index (κ1) is 12.0. The molecule has 2 aromatic rings.